The Hall–Kier alpha value is -2.27. The maximum Gasteiger partial charge on any atom is 0.163 e. The summed E-state index contributed by atoms with van der Waals surface area (Å²) in [6, 6.07) is 6.35. The molecular weight excluding hydrogens is 338 g/mol. The number of likely N-dealkylation sites (tertiary alicyclic amines) is 1. The number of hydrogen-bond acceptors (Lipinski definition) is 4. The van der Waals surface area contributed by atoms with Crippen LogP contribution in [0.15, 0.2) is 24.4 Å². The van der Waals surface area contributed by atoms with Gasteiger partial charge in [0.2, 0.25) is 0 Å². The van der Waals surface area contributed by atoms with E-state index in [2.05, 4.69) is 33.1 Å². The molecule has 0 unspecified atom stereocenters. The second-order valence-corrected chi connectivity index (χ2v) is 7.85. The molecule has 1 N–H and O–H groups in total. The summed E-state index contributed by atoms with van der Waals surface area (Å²) in [5, 5.41) is 2.29. The number of methoxy groups -OCH3 is 1. The van der Waals surface area contributed by atoms with E-state index in [1.807, 2.05) is 6.20 Å². The molecule has 5 nitrogen and oxygen atoms in total. The third-order valence-electron chi connectivity index (χ3n) is 5.86. The number of benzene rings is 1. The Morgan fingerprint density at radius 2 is 1.89 bits per heavy atom. The van der Waals surface area contributed by atoms with Crippen LogP contribution >= 0.6 is 0 Å². The van der Waals surface area contributed by atoms with Gasteiger partial charge in [-0.1, -0.05) is 0 Å². The van der Waals surface area contributed by atoms with Gasteiger partial charge in [-0.15, -0.1) is 0 Å². The highest BCUT2D eigenvalue weighted by Crippen LogP contribution is 2.41. The van der Waals surface area contributed by atoms with Gasteiger partial charge in [-0.2, -0.15) is 0 Å². The normalized spacial score (nSPS) is 17.8. The SMILES string of the molecule is COc1cc2c(cc1OCCCN1CCCC1)[nH]c1cc(C3CC3)ncc12. The molecule has 1 aromatic carbocycles. The number of aromatic amines is 1. The summed E-state index contributed by atoms with van der Waals surface area (Å²) in [6.07, 6.45) is 8.25. The van der Waals surface area contributed by atoms with E-state index >= 15 is 0 Å². The topological polar surface area (TPSA) is 50.4 Å². The summed E-state index contributed by atoms with van der Waals surface area (Å²) in [5.74, 6) is 2.26. The van der Waals surface area contributed by atoms with E-state index in [0.717, 1.165) is 46.3 Å². The van der Waals surface area contributed by atoms with Crippen LogP contribution in [0.1, 0.15) is 43.7 Å². The first-order valence-corrected chi connectivity index (χ1v) is 10.2. The zero-order valence-corrected chi connectivity index (χ0v) is 16.0. The second kappa shape index (κ2) is 7.04. The van der Waals surface area contributed by atoms with Crippen molar-refractivity contribution in [3.8, 4) is 11.5 Å². The Morgan fingerprint density at radius 3 is 2.67 bits per heavy atom. The minimum absolute atomic E-state index is 0.657. The largest absolute Gasteiger partial charge is 0.493 e. The van der Waals surface area contributed by atoms with Crippen LogP contribution in [0, 0.1) is 0 Å². The molecule has 0 spiro atoms. The van der Waals surface area contributed by atoms with Crippen molar-refractivity contribution in [3.05, 3.63) is 30.1 Å². The summed E-state index contributed by atoms with van der Waals surface area (Å²) in [5.41, 5.74) is 3.43. The van der Waals surface area contributed by atoms with Crippen LogP contribution in [0.5, 0.6) is 11.5 Å². The van der Waals surface area contributed by atoms with Crippen molar-refractivity contribution in [1.29, 1.82) is 0 Å². The maximum atomic E-state index is 6.08. The predicted molar refractivity (Wildman–Crippen MR) is 108 cm³/mol. The Kier molecular flexibility index (Phi) is 4.40. The number of ether oxygens (including phenoxy) is 2. The van der Waals surface area contributed by atoms with Gasteiger partial charge in [0, 0.05) is 46.7 Å². The summed E-state index contributed by atoms with van der Waals surface area (Å²) in [4.78, 5) is 10.7. The van der Waals surface area contributed by atoms with Crippen LogP contribution in [0.4, 0.5) is 0 Å². The monoisotopic (exact) mass is 365 g/mol. The highest BCUT2D eigenvalue weighted by Gasteiger charge is 2.25. The third kappa shape index (κ3) is 3.36. The van der Waals surface area contributed by atoms with Crippen LogP contribution in [0.3, 0.4) is 0 Å². The molecule has 27 heavy (non-hydrogen) atoms. The van der Waals surface area contributed by atoms with Crippen LogP contribution < -0.4 is 9.47 Å². The smallest absolute Gasteiger partial charge is 0.163 e. The molecule has 1 aliphatic heterocycles. The predicted octanol–water partition coefficient (Wildman–Crippen LogP) is 4.47. The summed E-state index contributed by atoms with van der Waals surface area (Å²) in [7, 11) is 1.70. The van der Waals surface area contributed by atoms with Gasteiger partial charge >= 0.3 is 0 Å². The molecule has 1 saturated carbocycles. The molecule has 142 valence electrons. The number of nitrogens with zero attached hydrogens (tertiary/aromatic N) is 2. The summed E-state index contributed by atoms with van der Waals surface area (Å²) in [6.45, 7) is 4.31. The fourth-order valence-corrected chi connectivity index (χ4v) is 4.17. The molecule has 1 aliphatic carbocycles. The molecule has 2 fully saturated rings. The van der Waals surface area contributed by atoms with Crippen molar-refractivity contribution < 1.29 is 9.47 Å². The highest BCUT2D eigenvalue weighted by molar-refractivity contribution is 6.08. The minimum atomic E-state index is 0.657. The molecule has 1 saturated heterocycles. The van der Waals surface area contributed by atoms with Crippen molar-refractivity contribution in [1.82, 2.24) is 14.9 Å². The average Bonchev–Trinajstić information content (AvgIpc) is 3.30. The van der Waals surface area contributed by atoms with Gasteiger partial charge in [0.15, 0.2) is 11.5 Å². The number of pyridine rings is 1. The first kappa shape index (κ1) is 16.9. The van der Waals surface area contributed by atoms with E-state index < -0.39 is 0 Å². The highest BCUT2D eigenvalue weighted by atomic mass is 16.5. The number of H-pyrrole nitrogens is 1. The van der Waals surface area contributed by atoms with Crippen LogP contribution in [-0.2, 0) is 0 Å². The van der Waals surface area contributed by atoms with Gasteiger partial charge in [-0.05, 0) is 57.3 Å². The first-order valence-electron chi connectivity index (χ1n) is 10.2. The average molecular weight is 365 g/mol. The zero-order chi connectivity index (χ0) is 18.2. The molecule has 5 rings (SSSR count). The molecular formula is C22H27N3O2. The summed E-state index contributed by atoms with van der Waals surface area (Å²) < 4.78 is 11.7. The van der Waals surface area contributed by atoms with Crippen LogP contribution in [0.25, 0.3) is 21.8 Å². The number of hydrogen-bond donors (Lipinski definition) is 1. The van der Waals surface area contributed by atoms with E-state index in [9.17, 15) is 0 Å². The minimum Gasteiger partial charge on any atom is -0.493 e. The van der Waals surface area contributed by atoms with Gasteiger partial charge < -0.3 is 19.4 Å². The number of nitrogens with one attached hydrogen (secondary N) is 1. The Bertz CT molecular complexity index is 955. The third-order valence-corrected chi connectivity index (χ3v) is 5.86. The molecule has 0 bridgehead atoms. The van der Waals surface area contributed by atoms with E-state index in [1.165, 1.54) is 44.5 Å². The van der Waals surface area contributed by atoms with Crippen molar-refractivity contribution in [2.75, 3.05) is 33.4 Å². The van der Waals surface area contributed by atoms with Crippen LogP contribution in [-0.4, -0.2) is 48.2 Å². The van der Waals surface area contributed by atoms with Gasteiger partial charge in [0.05, 0.1) is 19.2 Å². The maximum absolute atomic E-state index is 6.08. The van der Waals surface area contributed by atoms with Gasteiger partial charge in [-0.25, -0.2) is 0 Å². The molecule has 0 amide bonds. The standard InChI is InChI=1S/C22H27N3O2/c1-26-21-11-16-17-14-23-18(15-5-6-15)12-19(17)24-20(16)13-22(21)27-10-4-9-25-7-2-3-8-25/h11-15,24H,2-10H2,1H3. The molecule has 3 aromatic rings. The zero-order valence-electron chi connectivity index (χ0n) is 16.0. The van der Waals surface area contributed by atoms with E-state index in [0.29, 0.717) is 12.5 Å². The second-order valence-electron chi connectivity index (χ2n) is 7.85. The number of fused-ring (bicyclic) bond motifs is 3. The lowest BCUT2D eigenvalue weighted by molar-refractivity contribution is 0.254. The molecule has 2 aliphatic rings. The van der Waals surface area contributed by atoms with Crippen molar-refractivity contribution in [3.63, 3.8) is 0 Å². The molecule has 5 heteroatoms. The number of rotatable bonds is 7. The van der Waals surface area contributed by atoms with Crippen LogP contribution in [0.2, 0.25) is 0 Å². The van der Waals surface area contributed by atoms with Gasteiger partial charge in [0.1, 0.15) is 0 Å². The first-order chi connectivity index (χ1) is 13.3. The van der Waals surface area contributed by atoms with E-state index in [1.54, 1.807) is 7.11 Å². The molecule has 0 atom stereocenters. The molecule has 0 radical (unpaired) electrons. The molecule has 2 aromatic heterocycles. The fraction of sp³-hybridized carbons (Fsp3) is 0.500. The Morgan fingerprint density at radius 1 is 1.07 bits per heavy atom. The molecule has 3 heterocycles. The van der Waals surface area contributed by atoms with Crippen molar-refractivity contribution in [2.45, 2.75) is 38.0 Å². The quantitative estimate of drug-likeness (QED) is 0.628. The lowest BCUT2D eigenvalue weighted by Crippen LogP contribution is -2.21. The fourth-order valence-electron chi connectivity index (χ4n) is 4.17. The lowest BCUT2D eigenvalue weighted by Gasteiger charge is -2.15. The lowest BCUT2D eigenvalue weighted by atomic mass is 10.1. The Balaban J connectivity index is 1.37. The van der Waals surface area contributed by atoms with Gasteiger partial charge in [-0.3, -0.25) is 4.98 Å². The van der Waals surface area contributed by atoms with E-state index in [4.69, 9.17) is 9.47 Å². The van der Waals surface area contributed by atoms with Crippen molar-refractivity contribution in [2.24, 2.45) is 0 Å². The number of aromatic nitrogens is 2. The summed E-state index contributed by atoms with van der Waals surface area (Å²) >= 11 is 0. The van der Waals surface area contributed by atoms with Gasteiger partial charge in [0.25, 0.3) is 0 Å². The van der Waals surface area contributed by atoms with Crippen molar-refractivity contribution >= 4 is 21.8 Å². The Labute approximate surface area is 159 Å². The van der Waals surface area contributed by atoms with E-state index in [-0.39, 0.29) is 0 Å².